The van der Waals surface area contributed by atoms with Gasteiger partial charge in [-0.05, 0) is 19.9 Å². The summed E-state index contributed by atoms with van der Waals surface area (Å²) in [4.78, 5) is 27.7. The zero-order chi connectivity index (χ0) is 19.8. The number of para-hydroxylation sites is 1. The number of terminal acetylenes is 1. The van der Waals surface area contributed by atoms with Crippen molar-refractivity contribution in [1.29, 1.82) is 5.26 Å². The Morgan fingerprint density at radius 2 is 2.15 bits per heavy atom. The first-order chi connectivity index (χ1) is 12.9. The van der Waals surface area contributed by atoms with Crippen molar-refractivity contribution in [1.82, 2.24) is 4.90 Å². The van der Waals surface area contributed by atoms with Crippen molar-refractivity contribution < 1.29 is 19.1 Å². The topological polar surface area (TPSA) is 106 Å². The van der Waals surface area contributed by atoms with Crippen molar-refractivity contribution in [3.05, 3.63) is 52.6 Å². The molecule has 3 rings (SSSR count). The van der Waals surface area contributed by atoms with Gasteiger partial charge >= 0.3 is 5.97 Å². The van der Waals surface area contributed by atoms with E-state index in [-0.39, 0.29) is 30.2 Å². The van der Waals surface area contributed by atoms with E-state index in [4.69, 9.17) is 21.6 Å². The first-order valence-corrected chi connectivity index (χ1v) is 8.26. The molecule has 0 fully saturated rings. The molecule has 1 spiro atoms. The standard InChI is InChI=1S/C20H17N3O4/c1-4-10-23-12(3)16(18(24)26-5-2)20(19(23)25)13-8-6-7-9-15(13)27-17(22)14(20)11-21/h1,6-9H,5,10,22H2,2-3H3/t20-/m0/s1. The molecule has 1 aromatic rings. The highest BCUT2D eigenvalue weighted by molar-refractivity contribution is 6.12. The fourth-order valence-electron chi connectivity index (χ4n) is 3.63. The number of allylic oxidation sites excluding steroid dienone is 1. The maximum Gasteiger partial charge on any atom is 0.337 e. The molecule has 2 aliphatic rings. The highest BCUT2D eigenvalue weighted by atomic mass is 16.5. The number of amides is 1. The van der Waals surface area contributed by atoms with Gasteiger partial charge in [-0.2, -0.15) is 5.26 Å². The first-order valence-electron chi connectivity index (χ1n) is 8.26. The van der Waals surface area contributed by atoms with Crippen LogP contribution in [0, 0.1) is 23.7 Å². The predicted molar refractivity (Wildman–Crippen MR) is 95.5 cm³/mol. The molecule has 1 aromatic carbocycles. The van der Waals surface area contributed by atoms with E-state index in [2.05, 4.69) is 5.92 Å². The number of nitrogens with zero attached hydrogens (tertiary/aromatic N) is 2. The van der Waals surface area contributed by atoms with Crippen molar-refractivity contribution in [2.24, 2.45) is 5.73 Å². The molecule has 0 saturated carbocycles. The minimum Gasteiger partial charge on any atom is -0.463 e. The van der Waals surface area contributed by atoms with Gasteiger partial charge in [0.25, 0.3) is 0 Å². The van der Waals surface area contributed by atoms with E-state index in [0.29, 0.717) is 17.0 Å². The van der Waals surface area contributed by atoms with Gasteiger partial charge < -0.3 is 20.1 Å². The number of nitriles is 1. The molecule has 0 aliphatic carbocycles. The van der Waals surface area contributed by atoms with Crippen LogP contribution >= 0.6 is 0 Å². The lowest BCUT2D eigenvalue weighted by molar-refractivity contribution is -0.140. The lowest BCUT2D eigenvalue weighted by atomic mass is 9.68. The maximum absolute atomic E-state index is 13.6. The number of rotatable bonds is 3. The lowest BCUT2D eigenvalue weighted by Crippen LogP contribution is -2.47. The summed E-state index contributed by atoms with van der Waals surface area (Å²) in [6, 6.07) is 8.60. The molecule has 2 heterocycles. The maximum atomic E-state index is 13.6. The Bertz CT molecular complexity index is 993. The van der Waals surface area contributed by atoms with Gasteiger partial charge in [0.1, 0.15) is 17.4 Å². The Morgan fingerprint density at radius 1 is 1.44 bits per heavy atom. The van der Waals surface area contributed by atoms with E-state index in [1.165, 1.54) is 4.90 Å². The van der Waals surface area contributed by atoms with Gasteiger partial charge in [0.05, 0.1) is 18.7 Å². The number of fused-ring (bicyclic) bond motifs is 2. The summed E-state index contributed by atoms with van der Waals surface area (Å²) in [5, 5.41) is 9.81. The third kappa shape index (κ3) is 2.29. The number of carbonyl (C=O) groups is 2. The summed E-state index contributed by atoms with van der Waals surface area (Å²) >= 11 is 0. The Kier molecular flexibility index (Phi) is 4.39. The fraction of sp³-hybridized carbons (Fsp3) is 0.250. The molecule has 2 aliphatic heterocycles. The minimum atomic E-state index is -1.75. The quantitative estimate of drug-likeness (QED) is 0.641. The third-order valence-electron chi connectivity index (χ3n) is 4.68. The lowest BCUT2D eigenvalue weighted by Gasteiger charge is -2.35. The van der Waals surface area contributed by atoms with Gasteiger partial charge in [0.2, 0.25) is 11.8 Å². The zero-order valence-corrected chi connectivity index (χ0v) is 14.9. The number of hydrogen-bond acceptors (Lipinski definition) is 6. The van der Waals surface area contributed by atoms with Crippen LogP contribution in [0.5, 0.6) is 5.75 Å². The van der Waals surface area contributed by atoms with Crippen molar-refractivity contribution in [3.63, 3.8) is 0 Å². The van der Waals surface area contributed by atoms with Crippen LogP contribution in [0.1, 0.15) is 19.4 Å². The zero-order valence-electron chi connectivity index (χ0n) is 14.9. The van der Waals surface area contributed by atoms with Crippen molar-refractivity contribution in [3.8, 4) is 24.2 Å². The van der Waals surface area contributed by atoms with Gasteiger partial charge in [0.15, 0.2) is 5.41 Å². The monoisotopic (exact) mass is 363 g/mol. The predicted octanol–water partition coefficient (Wildman–Crippen LogP) is 1.32. The van der Waals surface area contributed by atoms with Crippen LogP contribution in [-0.2, 0) is 19.7 Å². The van der Waals surface area contributed by atoms with Crippen molar-refractivity contribution in [2.45, 2.75) is 19.3 Å². The average molecular weight is 363 g/mol. The van der Waals surface area contributed by atoms with E-state index < -0.39 is 17.3 Å². The summed E-state index contributed by atoms with van der Waals surface area (Å²) < 4.78 is 10.7. The molecule has 0 radical (unpaired) electrons. The molecule has 27 heavy (non-hydrogen) atoms. The molecular formula is C20H17N3O4. The molecule has 0 unspecified atom stereocenters. The van der Waals surface area contributed by atoms with Crippen LogP contribution in [0.15, 0.2) is 47.0 Å². The Hall–Kier alpha value is -3.71. The van der Waals surface area contributed by atoms with Gasteiger partial charge in [-0.25, -0.2) is 4.79 Å². The SMILES string of the molecule is C#CCN1C(=O)[C@@]2(C(C#N)=C(N)Oc3ccccc32)C(C(=O)OCC)=C1C. The van der Waals surface area contributed by atoms with Crippen molar-refractivity contribution >= 4 is 11.9 Å². The molecular weight excluding hydrogens is 346 g/mol. The van der Waals surface area contributed by atoms with E-state index in [0.717, 1.165) is 0 Å². The second-order valence-electron chi connectivity index (χ2n) is 5.98. The summed E-state index contributed by atoms with van der Waals surface area (Å²) in [5.41, 5.74) is 4.77. The third-order valence-corrected chi connectivity index (χ3v) is 4.68. The minimum absolute atomic E-state index is 0.0276. The van der Waals surface area contributed by atoms with E-state index >= 15 is 0 Å². The number of hydrogen-bond donors (Lipinski definition) is 1. The van der Waals surface area contributed by atoms with E-state index in [1.807, 2.05) is 6.07 Å². The second kappa shape index (κ2) is 6.54. The molecule has 1 amide bonds. The summed E-state index contributed by atoms with van der Waals surface area (Å²) in [6.07, 6.45) is 5.41. The molecule has 2 N–H and O–H groups in total. The molecule has 7 heteroatoms. The highest BCUT2D eigenvalue weighted by Crippen LogP contribution is 2.53. The molecule has 0 aromatic heterocycles. The molecule has 136 valence electrons. The summed E-state index contributed by atoms with van der Waals surface area (Å²) in [7, 11) is 0. The molecule has 0 bridgehead atoms. The van der Waals surface area contributed by atoms with E-state index in [1.54, 1.807) is 38.1 Å². The summed E-state index contributed by atoms with van der Waals surface area (Å²) in [6.45, 7) is 3.30. The van der Waals surface area contributed by atoms with Crippen LogP contribution in [0.25, 0.3) is 0 Å². The van der Waals surface area contributed by atoms with Gasteiger partial charge in [-0.3, -0.25) is 4.79 Å². The average Bonchev–Trinajstić information content (AvgIpc) is 2.85. The Labute approximate surface area is 156 Å². The van der Waals surface area contributed by atoms with Gasteiger partial charge in [-0.15, -0.1) is 6.42 Å². The van der Waals surface area contributed by atoms with Gasteiger partial charge in [0, 0.05) is 11.3 Å². The van der Waals surface area contributed by atoms with Crippen LogP contribution in [0.4, 0.5) is 0 Å². The number of nitrogens with two attached hydrogens (primary N) is 1. The van der Waals surface area contributed by atoms with Crippen LogP contribution in [-0.4, -0.2) is 29.9 Å². The fourth-order valence-corrected chi connectivity index (χ4v) is 3.63. The summed E-state index contributed by atoms with van der Waals surface area (Å²) in [5.74, 6) is 1.23. The Morgan fingerprint density at radius 3 is 2.78 bits per heavy atom. The normalized spacial score (nSPS) is 20.9. The van der Waals surface area contributed by atoms with Gasteiger partial charge in [-0.1, -0.05) is 24.1 Å². The Balaban J connectivity index is 2.43. The smallest absolute Gasteiger partial charge is 0.337 e. The van der Waals surface area contributed by atoms with Crippen LogP contribution in [0.3, 0.4) is 0 Å². The van der Waals surface area contributed by atoms with E-state index in [9.17, 15) is 14.9 Å². The van der Waals surface area contributed by atoms with Crippen LogP contribution < -0.4 is 10.5 Å². The number of benzene rings is 1. The molecule has 1 atom stereocenters. The number of esters is 1. The second-order valence-corrected chi connectivity index (χ2v) is 5.98. The molecule has 7 nitrogen and oxygen atoms in total. The highest BCUT2D eigenvalue weighted by Gasteiger charge is 2.62. The van der Waals surface area contributed by atoms with Crippen molar-refractivity contribution in [2.75, 3.05) is 13.2 Å². The number of carbonyl (C=O) groups excluding carboxylic acids is 2. The number of ether oxygens (including phenoxy) is 2. The largest absolute Gasteiger partial charge is 0.463 e. The van der Waals surface area contributed by atoms with Crippen LogP contribution in [0.2, 0.25) is 0 Å². The first kappa shape index (κ1) is 18.1. The molecule has 0 saturated heterocycles.